The Kier molecular flexibility index (Phi) is 4.83. The van der Waals surface area contributed by atoms with Crippen molar-refractivity contribution in [1.29, 1.82) is 0 Å². The molecule has 0 saturated heterocycles. The van der Waals surface area contributed by atoms with Crippen molar-refractivity contribution in [1.82, 2.24) is 14.2 Å². The van der Waals surface area contributed by atoms with E-state index in [1.54, 1.807) is 12.3 Å². The summed E-state index contributed by atoms with van der Waals surface area (Å²) in [7, 11) is 0. The summed E-state index contributed by atoms with van der Waals surface area (Å²) in [6, 6.07) is 9.19. The molecular weight excluding hydrogens is 322 g/mol. The van der Waals surface area contributed by atoms with Gasteiger partial charge in [0.2, 0.25) is 0 Å². The summed E-state index contributed by atoms with van der Waals surface area (Å²) in [5, 5.41) is 13.3. The molecule has 1 aromatic carbocycles. The number of carboxylic acids is 1. The van der Waals surface area contributed by atoms with Crippen molar-refractivity contribution in [3.63, 3.8) is 0 Å². The van der Waals surface area contributed by atoms with E-state index in [-0.39, 0.29) is 6.54 Å². The molecule has 0 aliphatic rings. The Bertz CT molecular complexity index is 958. The number of rotatable bonds is 7. The first-order valence-electron chi connectivity index (χ1n) is 8.13. The molecule has 25 heavy (non-hydrogen) atoms. The predicted molar refractivity (Wildman–Crippen MR) is 92.9 cm³/mol. The van der Waals surface area contributed by atoms with Crippen LogP contribution in [-0.2, 0) is 11.3 Å². The van der Waals surface area contributed by atoms with E-state index < -0.39 is 11.5 Å². The molecule has 0 amide bonds. The van der Waals surface area contributed by atoms with Gasteiger partial charge in [-0.05, 0) is 24.6 Å². The third-order valence-corrected chi connectivity index (χ3v) is 3.83. The van der Waals surface area contributed by atoms with E-state index in [2.05, 4.69) is 12.0 Å². The van der Waals surface area contributed by atoms with Crippen LogP contribution >= 0.6 is 0 Å². The zero-order valence-corrected chi connectivity index (χ0v) is 13.9. The zero-order chi connectivity index (χ0) is 17.8. The second-order valence-electron chi connectivity index (χ2n) is 5.68. The third-order valence-electron chi connectivity index (χ3n) is 3.83. The summed E-state index contributed by atoms with van der Waals surface area (Å²) in [6.45, 7) is 2.33. The second-order valence-corrected chi connectivity index (χ2v) is 5.68. The molecule has 0 fully saturated rings. The first-order chi connectivity index (χ1) is 12.1. The summed E-state index contributed by atoms with van der Waals surface area (Å²) < 4.78 is 8.43. The monoisotopic (exact) mass is 341 g/mol. The van der Waals surface area contributed by atoms with Crippen molar-refractivity contribution >= 4 is 11.5 Å². The molecule has 7 heteroatoms. The van der Waals surface area contributed by atoms with Crippen LogP contribution < -0.4 is 10.3 Å². The molecule has 0 aliphatic carbocycles. The maximum absolute atomic E-state index is 12.4. The van der Waals surface area contributed by atoms with Crippen LogP contribution in [0.3, 0.4) is 0 Å². The van der Waals surface area contributed by atoms with Gasteiger partial charge in [-0.15, -0.1) is 0 Å². The molecule has 0 atom stereocenters. The quantitative estimate of drug-likeness (QED) is 0.667. The standard InChI is InChI=1S/C18H19N3O4/c1-2-3-10-25-16-7-5-4-6-13(16)14-11-15-18(24)20(12-17(22)23)8-9-21(15)19-14/h4-9,11H,2-3,10,12H2,1H3,(H,22,23). The van der Waals surface area contributed by atoms with Crippen LogP contribution in [0.5, 0.6) is 5.75 Å². The van der Waals surface area contributed by atoms with Crippen molar-refractivity contribution in [2.75, 3.05) is 6.61 Å². The fraction of sp³-hybridized carbons (Fsp3) is 0.278. The lowest BCUT2D eigenvalue weighted by atomic mass is 10.1. The van der Waals surface area contributed by atoms with Gasteiger partial charge in [-0.25, -0.2) is 4.52 Å². The maximum atomic E-state index is 12.4. The van der Waals surface area contributed by atoms with Crippen LogP contribution in [0.25, 0.3) is 16.8 Å². The van der Waals surface area contributed by atoms with E-state index in [0.717, 1.165) is 23.0 Å². The SMILES string of the molecule is CCCCOc1ccccc1-c1cc2c(=O)n(CC(=O)O)ccn2n1. The first-order valence-corrected chi connectivity index (χ1v) is 8.13. The van der Waals surface area contributed by atoms with Crippen LogP contribution in [0, 0.1) is 0 Å². The van der Waals surface area contributed by atoms with E-state index in [1.165, 1.54) is 10.7 Å². The normalized spacial score (nSPS) is 10.9. The van der Waals surface area contributed by atoms with Crippen LogP contribution in [0.15, 0.2) is 47.5 Å². The van der Waals surface area contributed by atoms with Gasteiger partial charge in [-0.3, -0.25) is 9.59 Å². The summed E-state index contributed by atoms with van der Waals surface area (Å²) in [5.74, 6) is -0.355. The fourth-order valence-corrected chi connectivity index (χ4v) is 2.56. The van der Waals surface area contributed by atoms with Crippen molar-refractivity contribution in [2.24, 2.45) is 0 Å². The van der Waals surface area contributed by atoms with E-state index in [1.807, 2.05) is 24.3 Å². The number of hydrogen-bond donors (Lipinski definition) is 1. The van der Waals surface area contributed by atoms with Crippen molar-refractivity contribution in [3.05, 3.63) is 53.1 Å². The minimum Gasteiger partial charge on any atom is -0.493 e. The Balaban J connectivity index is 2.01. The molecule has 0 aliphatic heterocycles. The average molecular weight is 341 g/mol. The van der Waals surface area contributed by atoms with E-state index in [0.29, 0.717) is 23.6 Å². The Morgan fingerprint density at radius 2 is 2.08 bits per heavy atom. The molecule has 7 nitrogen and oxygen atoms in total. The average Bonchev–Trinajstić information content (AvgIpc) is 3.03. The number of hydrogen-bond acceptors (Lipinski definition) is 4. The number of nitrogens with zero attached hydrogens (tertiary/aromatic N) is 3. The molecule has 0 spiro atoms. The smallest absolute Gasteiger partial charge is 0.323 e. The number of aromatic nitrogens is 3. The Morgan fingerprint density at radius 3 is 2.84 bits per heavy atom. The van der Waals surface area contributed by atoms with Gasteiger partial charge in [0.1, 0.15) is 17.8 Å². The number of benzene rings is 1. The molecule has 0 saturated carbocycles. The zero-order valence-electron chi connectivity index (χ0n) is 13.9. The van der Waals surface area contributed by atoms with Crippen LogP contribution in [0.4, 0.5) is 0 Å². The Morgan fingerprint density at radius 1 is 1.28 bits per heavy atom. The number of carboxylic acid groups (broad SMARTS) is 1. The predicted octanol–water partition coefficient (Wildman–Crippen LogP) is 2.43. The van der Waals surface area contributed by atoms with Gasteiger partial charge in [0.25, 0.3) is 5.56 Å². The van der Waals surface area contributed by atoms with Crippen molar-refractivity contribution < 1.29 is 14.6 Å². The lowest BCUT2D eigenvalue weighted by molar-refractivity contribution is -0.137. The van der Waals surface area contributed by atoms with Crippen LogP contribution in [0.2, 0.25) is 0 Å². The number of fused-ring (bicyclic) bond motifs is 1. The van der Waals surface area contributed by atoms with E-state index in [9.17, 15) is 9.59 Å². The molecule has 3 rings (SSSR count). The molecular formula is C18H19N3O4. The maximum Gasteiger partial charge on any atom is 0.323 e. The molecule has 0 radical (unpaired) electrons. The molecule has 2 heterocycles. The lowest BCUT2D eigenvalue weighted by Gasteiger charge is -2.09. The molecule has 0 unspecified atom stereocenters. The highest BCUT2D eigenvalue weighted by molar-refractivity contribution is 5.71. The van der Waals surface area contributed by atoms with Crippen LogP contribution in [-0.4, -0.2) is 31.9 Å². The van der Waals surface area contributed by atoms with E-state index >= 15 is 0 Å². The topological polar surface area (TPSA) is 85.8 Å². The van der Waals surface area contributed by atoms with Crippen LogP contribution in [0.1, 0.15) is 19.8 Å². The summed E-state index contributed by atoms with van der Waals surface area (Å²) in [5.41, 5.74) is 1.33. The fourth-order valence-electron chi connectivity index (χ4n) is 2.56. The highest BCUT2D eigenvalue weighted by Gasteiger charge is 2.13. The third kappa shape index (κ3) is 3.55. The number of para-hydroxylation sites is 1. The minimum atomic E-state index is -1.07. The number of aliphatic carboxylic acids is 1. The molecule has 130 valence electrons. The number of ether oxygens (including phenoxy) is 1. The van der Waals surface area contributed by atoms with E-state index in [4.69, 9.17) is 9.84 Å². The Hall–Kier alpha value is -3.09. The minimum absolute atomic E-state index is 0.321. The molecule has 1 N–H and O–H groups in total. The number of carbonyl (C=O) groups is 1. The van der Waals surface area contributed by atoms with Crippen molar-refractivity contribution in [2.45, 2.75) is 26.3 Å². The Labute approximate surface area is 144 Å². The lowest BCUT2D eigenvalue weighted by Crippen LogP contribution is -2.24. The summed E-state index contributed by atoms with van der Waals surface area (Å²) in [4.78, 5) is 23.3. The van der Waals surface area contributed by atoms with Crippen molar-refractivity contribution in [3.8, 4) is 17.0 Å². The van der Waals surface area contributed by atoms with Gasteiger partial charge in [0.15, 0.2) is 0 Å². The van der Waals surface area contributed by atoms with Gasteiger partial charge in [0, 0.05) is 18.0 Å². The van der Waals surface area contributed by atoms with Gasteiger partial charge in [-0.1, -0.05) is 25.5 Å². The van der Waals surface area contributed by atoms with Gasteiger partial charge >= 0.3 is 5.97 Å². The van der Waals surface area contributed by atoms with Gasteiger partial charge < -0.3 is 14.4 Å². The largest absolute Gasteiger partial charge is 0.493 e. The molecule has 2 aromatic heterocycles. The first kappa shape index (κ1) is 16.8. The summed E-state index contributed by atoms with van der Waals surface area (Å²) >= 11 is 0. The van der Waals surface area contributed by atoms with Gasteiger partial charge in [0.05, 0.1) is 12.3 Å². The highest BCUT2D eigenvalue weighted by Crippen LogP contribution is 2.29. The summed E-state index contributed by atoms with van der Waals surface area (Å²) in [6.07, 6.45) is 4.99. The molecule has 0 bridgehead atoms. The number of unbranched alkanes of at least 4 members (excludes halogenated alkanes) is 1. The van der Waals surface area contributed by atoms with Gasteiger partial charge in [-0.2, -0.15) is 5.10 Å². The second kappa shape index (κ2) is 7.21. The highest BCUT2D eigenvalue weighted by atomic mass is 16.5. The molecule has 3 aromatic rings.